The third-order valence-electron chi connectivity index (χ3n) is 2.98. The molecule has 0 saturated heterocycles. The van der Waals surface area contributed by atoms with E-state index in [1.807, 2.05) is 12.1 Å². The van der Waals surface area contributed by atoms with Gasteiger partial charge in [0.15, 0.2) is 0 Å². The Balaban J connectivity index is 1.91. The highest BCUT2D eigenvalue weighted by molar-refractivity contribution is 9.10. The van der Waals surface area contributed by atoms with Crippen LogP contribution in [-0.4, -0.2) is 28.1 Å². The van der Waals surface area contributed by atoms with Crippen molar-refractivity contribution >= 4 is 39.1 Å². The Hall–Kier alpha value is -2.15. The van der Waals surface area contributed by atoms with Crippen LogP contribution in [-0.2, 0) is 16.1 Å². The molecule has 0 fully saturated rings. The fraction of sp³-hybridized carbons (Fsp3) is 0.154. The molecule has 0 radical (unpaired) electrons. The summed E-state index contributed by atoms with van der Waals surface area (Å²) in [6.45, 7) is 0.121. The summed E-state index contributed by atoms with van der Waals surface area (Å²) >= 11 is 3.37. The summed E-state index contributed by atoms with van der Waals surface area (Å²) in [7, 11) is 0. The molecule has 0 aliphatic carbocycles. The SMILES string of the molecule is O=C1CN(C(=O)Cn2cccn2)c2cc(Br)ccc2N1. The zero-order valence-corrected chi connectivity index (χ0v) is 12.0. The van der Waals surface area contributed by atoms with Crippen molar-refractivity contribution < 1.29 is 9.59 Å². The maximum Gasteiger partial charge on any atom is 0.249 e. The summed E-state index contributed by atoms with van der Waals surface area (Å²) in [6.07, 6.45) is 3.32. The quantitative estimate of drug-likeness (QED) is 0.907. The van der Waals surface area contributed by atoms with E-state index in [1.165, 1.54) is 9.58 Å². The smallest absolute Gasteiger partial charge is 0.249 e. The van der Waals surface area contributed by atoms with Crippen LogP contribution in [0.4, 0.5) is 11.4 Å². The lowest BCUT2D eigenvalue weighted by Crippen LogP contribution is -2.43. The number of nitrogens with one attached hydrogen (secondary N) is 1. The van der Waals surface area contributed by atoms with Gasteiger partial charge in [-0.2, -0.15) is 5.10 Å². The molecule has 0 saturated carbocycles. The number of benzene rings is 1. The van der Waals surface area contributed by atoms with Crippen molar-refractivity contribution in [3.63, 3.8) is 0 Å². The number of anilines is 2. The third-order valence-corrected chi connectivity index (χ3v) is 3.48. The lowest BCUT2D eigenvalue weighted by atomic mass is 10.2. The lowest BCUT2D eigenvalue weighted by molar-refractivity contribution is -0.122. The van der Waals surface area contributed by atoms with Gasteiger partial charge in [-0.05, 0) is 24.3 Å². The molecule has 2 aromatic rings. The van der Waals surface area contributed by atoms with Gasteiger partial charge in [-0.1, -0.05) is 15.9 Å². The number of halogens is 1. The monoisotopic (exact) mass is 334 g/mol. The molecule has 0 bridgehead atoms. The Kier molecular flexibility index (Phi) is 3.27. The van der Waals surface area contributed by atoms with E-state index in [0.717, 1.165) is 4.47 Å². The summed E-state index contributed by atoms with van der Waals surface area (Å²) in [5, 5.41) is 6.76. The van der Waals surface area contributed by atoms with Crippen molar-refractivity contribution in [1.29, 1.82) is 0 Å². The van der Waals surface area contributed by atoms with Gasteiger partial charge in [-0.15, -0.1) is 0 Å². The molecule has 2 amide bonds. The van der Waals surface area contributed by atoms with Gasteiger partial charge in [-0.25, -0.2) is 0 Å². The number of fused-ring (bicyclic) bond motifs is 1. The first-order valence-electron chi connectivity index (χ1n) is 6.01. The summed E-state index contributed by atoms with van der Waals surface area (Å²) in [5.74, 6) is -0.378. The Labute approximate surface area is 123 Å². The number of carbonyl (C=O) groups excluding carboxylic acids is 2. The summed E-state index contributed by atoms with van der Waals surface area (Å²) < 4.78 is 2.39. The minimum absolute atomic E-state index is 0.0174. The molecule has 3 rings (SSSR count). The van der Waals surface area contributed by atoms with E-state index >= 15 is 0 Å². The minimum Gasteiger partial charge on any atom is -0.323 e. The van der Waals surface area contributed by atoms with Gasteiger partial charge in [0, 0.05) is 16.9 Å². The van der Waals surface area contributed by atoms with Gasteiger partial charge in [0.1, 0.15) is 13.1 Å². The summed E-state index contributed by atoms with van der Waals surface area (Å²) in [5.41, 5.74) is 1.33. The molecule has 0 spiro atoms. The molecule has 1 aromatic carbocycles. The molecular weight excluding hydrogens is 324 g/mol. The zero-order chi connectivity index (χ0) is 14.1. The molecule has 20 heavy (non-hydrogen) atoms. The normalized spacial score (nSPS) is 13.8. The van der Waals surface area contributed by atoms with Crippen molar-refractivity contribution in [3.05, 3.63) is 41.1 Å². The fourth-order valence-electron chi connectivity index (χ4n) is 2.09. The molecular formula is C13H11BrN4O2. The van der Waals surface area contributed by atoms with Crippen LogP contribution in [0, 0.1) is 0 Å². The number of hydrogen-bond donors (Lipinski definition) is 1. The number of nitrogens with zero attached hydrogens (tertiary/aromatic N) is 3. The topological polar surface area (TPSA) is 67.2 Å². The van der Waals surface area contributed by atoms with Crippen LogP contribution in [0.1, 0.15) is 0 Å². The molecule has 1 aliphatic rings. The van der Waals surface area contributed by atoms with Gasteiger partial charge >= 0.3 is 0 Å². The van der Waals surface area contributed by atoms with Gasteiger partial charge < -0.3 is 5.32 Å². The molecule has 0 unspecified atom stereocenters. The molecule has 102 valence electrons. The molecule has 1 N–H and O–H groups in total. The lowest BCUT2D eigenvalue weighted by Gasteiger charge is -2.29. The maximum absolute atomic E-state index is 12.4. The molecule has 1 aromatic heterocycles. The van der Waals surface area contributed by atoms with Crippen LogP contribution in [0.5, 0.6) is 0 Å². The molecule has 0 atom stereocenters. The Morgan fingerprint density at radius 3 is 3.05 bits per heavy atom. The zero-order valence-electron chi connectivity index (χ0n) is 10.4. The van der Waals surface area contributed by atoms with Gasteiger partial charge in [0.2, 0.25) is 11.8 Å². The van der Waals surface area contributed by atoms with Crippen molar-refractivity contribution in [1.82, 2.24) is 9.78 Å². The van der Waals surface area contributed by atoms with E-state index in [2.05, 4.69) is 26.3 Å². The van der Waals surface area contributed by atoms with Crippen molar-refractivity contribution in [3.8, 4) is 0 Å². The largest absolute Gasteiger partial charge is 0.323 e. The molecule has 2 heterocycles. The number of rotatable bonds is 2. The van der Waals surface area contributed by atoms with E-state index in [1.54, 1.807) is 24.5 Å². The van der Waals surface area contributed by atoms with Crippen molar-refractivity contribution in [2.45, 2.75) is 6.54 Å². The van der Waals surface area contributed by atoms with Gasteiger partial charge in [0.25, 0.3) is 0 Å². The fourth-order valence-corrected chi connectivity index (χ4v) is 2.44. The highest BCUT2D eigenvalue weighted by atomic mass is 79.9. The van der Waals surface area contributed by atoms with Crippen molar-refractivity contribution in [2.24, 2.45) is 0 Å². The predicted molar refractivity (Wildman–Crippen MR) is 77.4 cm³/mol. The standard InChI is InChI=1S/C13H11BrN4O2/c14-9-2-3-10-11(6-9)18(7-12(19)16-10)13(20)8-17-5-1-4-15-17/h1-6H,7-8H2,(H,16,19). The number of amides is 2. The van der Waals surface area contributed by atoms with Crippen LogP contribution in [0.15, 0.2) is 41.1 Å². The Morgan fingerprint density at radius 2 is 2.30 bits per heavy atom. The average Bonchev–Trinajstić information content (AvgIpc) is 2.91. The van der Waals surface area contributed by atoms with Crippen LogP contribution >= 0.6 is 15.9 Å². The van der Waals surface area contributed by atoms with E-state index in [9.17, 15) is 9.59 Å². The second kappa shape index (κ2) is 5.09. The predicted octanol–water partition coefficient (Wildman–Crippen LogP) is 1.63. The van der Waals surface area contributed by atoms with E-state index in [4.69, 9.17) is 0 Å². The second-order valence-corrected chi connectivity index (χ2v) is 5.31. The number of aromatic nitrogens is 2. The molecule has 7 heteroatoms. The van der Waals surface area contributed by atoms with Crippen LogP contribution in [0.3, 0.4) is 0 Å². The van der Waals surface area contributed by atoms with Gasteiger partial charge in [-0.3, -0.25) is 19.2 Å². The number of carbonyl (C=O) groups is 2. The highest BCUT2D eigenvalue weighted by Crippen LogP contribution is 2.32. The third kappa shape index (κ3) is 2.44. The van der Waals surface area contributed by atoms with Crippen molar-refractivity contribution in [2.75, 3.05) is 16.8 Å². The van der Waals surface area contributed by atoms with Crippen LogP contribution in [0.25, 0.3) is 0 Å². The average molecular weight is 335 g/mol. The summed E-state index contributed by atoms with van der Waals surface area (Å²) in [6, 6.07) is 7.15. The molecule has 1 aliphatic heterocycles. The van der Waals surface area contributed by atoms with E-state index in [-0.39, 0.29) is 24.9 Å². The first-order chi connectivity index (χ1) is 9.63. The van der Waals surface area contributed by atoms with Crippen LogP contribution in [0.2, 0.25) is 0 Å². The summed E-state index contributed by atoms with van der Waals surface area (Å²) in [4.78, 5) is 25.5. The van der Waals surface area contributed by atoms with E-state index < -0.39 is 0 Å². The minimum atomic E-state index is -0.200. The highest BCUT2D eigenvalue weighted by Gasteiger charge is 2.27. The molecule has 6 nitrogen and oxygen atoms in total. The first kappa shape index (κ1) is 12.9. The number of hydrogen-bond acceptors (Lipinski definition) is 3. The Morgan fingerprint density at radius 1 is 1.45 bits per heavy atom. The van der Waals surface area contributed by atoms with E-state index in [0.29, 0.717) is 11.4 Å². The Bertz CT molecular complexity index is 669. The van der Waals surface area contributed by atoms with Crippen LogP contribution < -0.4 is 10.2 Å². The van der Waals surface area contributed by atoms with Gasteiger partial charge in [0.05, 0.1) is 11.4 Å². The maximum atomic E-state index is 12.4. The first-order valence-corrected chi connectivity index (χ1v) is 6.80. The second-order valence-electron chi connectivity index (χ2n) is 4.39.